The molecule has 0 unspecified atom stereocenters. The fourth-order valence-electron chi connectivity index (χ4n) is 3.56. The molecule has 0 aromatic carbocycles. The monoisotopic (exact) mass is 370 g/mol. The summed E-state index contributed by atoms with van der Waals surface area (Å²) in [4.78, 5) is 40.9. The van der Waals surface area contributed by atoms with E-state index in [1.54, 1.807) is 4.90 Å². The van der Waals surface area contributed by atoms with Crippen LogP contribution >= 0.6 is 0 Å². The number of ether oxygens (including phenoxy) is 4. The van der Waals surface area contributed by atoms with Gasteiger partial charge in [-0.05, 0) is 12.3 Å². The molecule has 3 saturated heterocycles. The van der Waals surface area contributed by atoms with Gasteiger partial charge < -0.3 is 28.7 Å². The van der Waals surface area contributed by atoms with E-state index < -0.39 is 36.4 Å². The molecule has 2 amide bonds. The molecular weight excluding hydrogens is 344 g/mol. The zero-order chi connectivity index (χ0) is 18.8. The topological polar surface area (TPSA) is 94.6 Å². The predicted molar refractivity (Wildman–Crippen MR) is 87.9 cm³/mol. The number of fused-ring (bicyclic) bond motifs is 2. The lowest BCUT2D eigenvalue weighted by molar-refractivity contribution is -0.174. The first-order valence-electron chi connectivity index (χ1n) is 8.98. The van der Waals surface area contributed by atoms with Crippen molar-refractivity contribution in [2.75, 3.05) is 40.0 Å². The second-order valence-corrected chi connectivity index (χ2v) is 7.14. The van der Waals surface area contributed by atoms with E-state index in [9.17, 15) is 14.4 Å². The summed E-state index contributed by atoms with van der Waals surface area (Å²) in [6, 6.07) is -0.706. The summed E-state index contributed by atoms with van der Waals surface area (Å²) in [5.74, 6) is -0.945. The van der Waals surface area contributed by atoms with Crippen LogP contribution in [0.4, 0.5) is 0 Å². The molecule has 3 rings (SSSR count). The summed E-state index contributed by atoms with van der Waals surface area (Å²) in [6.45, 7) is 5.90. The number of carbonyl (C=O) groups excluding carboxylic acids is 3. The van der Waals surface area contributed by atoms with Crippen LogP contribution in [-0.2, 0) is 33.3 Å². The van der Waals surface area contributed by atoms with Crippen LogP contribution in [0.15, 0.2) is 0 Å². The van der Waals surface area contributed by atoms with Crippen LogP contribution in [0.2, 0.25) is 0 Å². The second-order valence-electron chi connectivity index (χ2n) is 7.14. The Hall–Kier alpha value is -1.71. The highest BCUT2D eigenvalue weighted by molar-refractivity contribution is 5.94. The largest absolute Gasteiger partial charge is 0.467 e. The highest BCUT2D eigenvalue weighted by Gasteiger charge is 2.54. The number of hydrogen-bond acceptors (Lipinski definition) is 7. The number of carbonyl (C=O) groups is 3. The Labute approximate surface area is 152 Å². The molecule has 0 aliphatic carbocycles. The van der Waals surface area contributed by atoms with E-state index in [0.717, 1.165) is 0 Å². The normalized spacial score (nSPS) is 29.8. The van der Waals surface area contributed by atoms with Gasteiger partial charge in [0.2, 0.25) is 0 Å². The minimum Gasteiger partial charge on any atom is -0.467 e. The number of morpholine rings is 2. The van der Waals surface area contributed by atoms with Crippen LogP contribution in [0.25, 0.3) is 0 Å². The summed E-state index contributed by atoms with van der Waals surface area (Å²) in [5.41, 5.74) is 0. The first-order chi connectivity index (χ1) is 12.4. The number of methoxy groups -OCH3 is 1. The Morgan fingerprint density at radius 1 is 1.23 bits per heavy atom. The Kier molecular flexibility index (Phi) is 5.79. The highest BCUT2D eigenvalue weighted by Crippen LogP contribution is 2.31. The van der Waals surface area contributed by atoms with Gasteiger partial charge in [-0.2, -0.15) is 0 Å². The number of rotatable bonds is 5. The van der Waals surface area contributed by atoms with Crippen molar-refractivity contribution < 1.29 is 33.3 Å². The average Bonchev–Trinajstić information content (AvgIpc) is 3.01. The predicted octanol–water partition coefficient (Wildman–Crippen LogP) is -0.615. The van der Waals surface area contributed by atoms with Crippen molar-refractivity contribution in [2.24, 2.45) is 5.92 Å². The lowest BCUT2D eigenvalue weighted by Gasteiger charge is -2.36. The third kappa shape index (κ3) is 3.70. The summed E-state index contributed by atoms with van der Waals surface area (Å²) >= 11 is 0. The van der Waals surface area contributed by atoms with Crippen molar-refractivity contribution in [1.29, 1.82) is 0 Å². The first-order valence-corrected chi connectivity index (χ1v) is 8.98. The molecule has 0 radical (unpaired) electrons. The first kappa shape index (κ1) is 19.1. The Morgan fingerprint density at radius 2 is 1.92 bits per heavy atom. The van der Waals surface area contributed by atoms with Gasteiger partial charge in [0.05, 0.1) is 26.9 Å². The van der Waals surface area contributed by atoms with Crippen LogP contribution in [0.5, 0.6) is 0 Å². The molecule has 3 heterocycles. The maximum Gasteiger partial charge on any atom is 0.328 e. The molecule has 0 aromatic heterocycles. The molecule has 2 bridgehead atoms. The number of nitrogens with zero attached hydrogens (tertiary/aromatic N) is 2. The SMILES string of the molecule is COC(=O)[C@H](CC(C)C)N1C[C@H]2O[C@H](C(=O)N3CCOCC3)[C@H](O2)C1=O. The number of esters is 1. The summed E-state index contributed by atoms with van der Waals surface area (Å²) in [5, 5.41) is 0. The van der Waals surface area contributed by atoms with Gasteiger partial charge >= 0.3 is 5.97 Å². The van der Waals surface area contributed by atoms with E-state index >= 15 is 0 Å². The van der Waals surface area contributed by atoms with Crippen LogP contribution < -0.4 is 0 Å². The van der Waals surface area contributed by atoms with E-state index in [0.29, 0.717) is 32.7 Å². The van der Waals surface area contributed by atoms with Gasteiger partial charge in [0.15, 0.2) is 18.5 Å². The second kappa shape index (κ2) is 7.89. The molecule has 3 aliphatic rings. The van der Waals surface area contributed by atoms with Crippen molar-refractivity contribution in [3.63, 3.8) is 0 Å². The molecule has 9 heteroatoms. The molecule has 0 aromatic rings. The summed E-state index contributed by atoms with van der Waals surface area (Å²) < 4.78 is 21.4. The van der Waals surface area contributed by atoms with E-state index in [1.807, 2.05) is 13.8 Å². The molecular formula is C17H26N2O7. The van der Waals surface area contributed by atoms with Crippen molar-refractivity contribution in [2.45, 2.75) is 44.8 Å². The third-order valence-corrected chi connectivity index (χ3v) is 4.85. The molecule has 0 N–H and O–H groups in total. The van der Waals surface area contributed by atoms with E-state index in [1.165, 1.54) is 12.0 Å². The van der Waals surface area contributed by atoms with Gasteiger partial charge in [0, 0.05) is 13.1 Å². The van der Waals surface area contributed by atoms with Crippen molar-refractivity contribution >= 4 is 17.8 Å². The number of hydrogen-bond donors (Lipinski definition) is 0. The fourth-order valence-corrected chi connectivity index (χ4v) is 3.56. The molecule has 0 saturated carbocycles. The minimum atomic E-state index is -1.02. The van der Waals surface area contributed by atoms with E-state index in [-0.39, 0.29) is 18.4 Å². The quantitative estimate of drug-likeness (QED) is 0.596. The zero-order valence-electron chi connectivity index (χ0n) is 15.4. The molecule has 9 nitrogen and oxygen atoms in total. The fraction of sp³-hybridized carbons (Fsp3) is 0.824. The Balaban J connectivity index is 1.75. The van der Waals surface area contributed by atoms with Crippen molar-refractivity contribution in [3.8, 4) is 0 Å². The van der Waals surface area contributed by atoms with Gasteiger partial charge in [-0.25, -0.2) is 4.79 Å². The average molecular weight is 370 g/mol. The summed E-state index contributed by atoms with van der Waals surface area (Å²) in [7, 11) is 1.30. The molecule has 3 fully saturated rings. The Bertz CT molecular complexity index is 561. The third-order valence-electron chi connectivity index (χ3n) is 4.85. The molecule has 4 atom stereocenters. The van der Waals surface area contributed by atoms with Crippen LogP contribution in [0.1, 0.15) is 20.3 Å². The summed E-state index contributed by atoms with van der Waals surface area (Å²) in [6.07, 6.45) is -2.25. The van der Waals surface area contributed by atoms with Gasteiger partial charge in [-0.15, -0.1) is 0 Å². The number of amides is 2. The van der Waals surface area contributed by atoms with Crippen LogP contribution in [0.3, 0.4) is 0 Å². The van der Waals surface area contributed by atoms with Crippen molar-refractivity contribution in [3.05, 3.63) is 0 Å². The van der Waals surface area contributed by atoms with Gasteiger partial charge in [-0.3, -0.25) is 9.59 Å². The van der Waals surface area contributed by atoms with Gasteiger partial charge in [-0.1, -0.05) is 13.8 Å². The maximum atomic E-state index is 12.9. The van der Waals surface area contributed by atoms with Crippen molar-refractivity contribution in [1.82, 2.24) is 9.80 Å². The highest BCUT2D eigenvalue weighted by atomic mass is 16.7. The zero-order valence-corrected chi connectivity index (χ0v) is 15.4. The lowest BCUT2D eigenvalue weighted by Crippen LogP contribution is -2.57. The maximum absolute atomic E-state index is 12.9. The van der Waals surface area contributed by atoms with Gasteiger partial charge in [0.25, 0.3) is 11.8 Å². The lowest BCUT2D eigenvalue weighted by atomic mass is 10.0. The smallest absolute Gasteiger partial charge is 0.328 e. The molecule has 26 heavy (non-hydrogen) atoms. The molecule has 0 spiro atoms. The molecule has 146 valence electrons. The van der Waals surface area contributed by atoms with E-state index in [4.69, 9.17) is 18.9 Å². The Morgan fingerprint density at radius 3 is 2.54 bits per heavy atom. The standard InChI is InChI=1S/C17H26N2O7/c1-10(2)8-11(17(22)23-3)19-9-12-25-13(14(26-12)16(19)21)15(20)18-4-6-24-7-5-18/h10-14H,4-9H2,1-3H3/t11-,12-,13-,14-/m0/s1. The minimum absolute atomic E-state index is 0.106. The van der Waals surface area contributed by atoms with Crippen LogP contribution in [-0.4, -0.2) is 92.1 Å². The van der Waals surface area contributed by atoms with Crippen LogP contribution in [0, 0.1) is 5.92 Å². The van der Waals surface area contributed by atoms with Gasteiger partial charge in [0.1, 0.15) is 6.04 Å². The molecule has 3 aliphatic heterocycles. The van der Waals surface area contributed by atoms with E-state index in [2.05, 4.69) is 0 Å².